The Kier molecular flexibility index (Phi) is 3.37. The van der Waals surface area contributed by atoms with E-state index in [1.54, 1.807) is 0 Å². The zero-order chi connectivity index (χ0) is 9.68. The van der Waals surface area contributed by atoms with Gasteiger partial charge in [-0.05, 0) is 12.8 Å². The Balaban J connectivity index is 2.32. The summed E-state index contributed by atoms with van der Waals surface area (Å²) in [6.07, 6.45) is 6.00. The highest BCUT2D eigenvalue weighted by Gasteiger charge is 2.04. The minimum atomic E-state index is -0.800. The van der Waals surface area contributed by atoms with Crippen molar-refractivity contribution in [3.8, 4) is 0 Å². The molecule has 0 heterocycles. The Labute approximate surface area is 77.1 Å². The van der Waals surface area contributed by atoms with Crippen molar-refractivity contribution >= 4 is 5.97 Å². The topological polar surface area (TPSA) is 75.3 Å². The summed E-state index contributed by atoms with van der Waals surface area (Å²) in [7, 11) is 0. The fourth-order valence-corrected chi connectivity index (χ4v) is 1.17. The molecule has 0 aromatic rings. The minimum absolute atomic E-state index is 0.116. The molecule has 0 atom stereocenters. The Bertz CT molecular complexity index is 256. The summed E-state index contributed by atoms with van der Waals surface area (Å²) in [5, 5.41) is 11.4. The molecule has 4 nitrogen and oxygen atoms in total. The van der Waals surface area contributed by atoms with E-state index in [9.17, 15) is 4.79 Å². The molecule has 4 N–H and O–H groups in total. The zero-order valence-electron chi connectivity index (χ0n) is 7.42. The molecule has 0 fully saturated rings. The molecule has 1 aliphatic rings. The first kappa shape index (κ1) is 9.64. The number of carbonyl (C=O) groups is 1. The highest BCUT2D eigenvalue weighted by molar-refractivity contribution is 5.66. The van der Waals surface area contributed by atoms with Crippen LogP contribution in [-0.2, 0) is 4.79 Å². The van der Waals surface area contributed by atoms with Gasteiger partial charge < -0.3 is 16.2 Å². The van der Waals surface area contributed by atoms with Crippen LogP contribution in [0.25, 0.3) is 0 Å². The maximum absolute atomic E-state index is 10.2. The van der Waals surface area contributed by atoms with Gasteiger partial charge in [0.25, 0.3) is 0 Å². The predicted molar refractivity (Wildman–Crippen MR) is 49.8 cm³/mol. The molecule has 72 valence electrons. The molecule has 0 aromatic carbocycles. The predicted octanol–water partition coefficient (Wildman–Crippen LogP) is 0.571. The van der Waals surface area contributed by atoms with Gasteiger partial charge in [-0.3, -0.25) is 4.79 Å². The van der Waals surface area contributed by atoms with E-state index in [1.165, 1.54) is 0 Å². The van der Waals surface area contributed by atoms with Crippen molar-refractivity contribution in [2.45, 2.75) is 19.3 Å². The highest BCUT2D eigenvalue weighted by atomic mass is 16.4. The molecular weight excluding hydrogens is 168 g/mol. The molecule has 0 unspecified atom stereocenters. The first-order valence-electron chi connectivity index (χ1n) is 4.32. The Morgan fingerprint density at radius 2 is 2.23 bits per heavy atom. The first-order chi connectivity index (χ1) is 6.20. The van der Waals surface area contributed by atoms with Gasteiger partial charge in [-0.2, -0.15) is 0 Å². The van der Waals surface area contributed by atoms with Gasteiger partial charge in [-0.25, -0.2) is 0 Å². The third-order valence-corrected chi connectivity index (χ3v) is 1.84. The number of hydrogen-bond acceptors (Lipinski definition) is 3. The van der Waals surface area contributed by atoms with Crippen molar-refractivity contribution in [3.05, 3.63) is 23.5 Å². The molecule has 0 spiro atoms. The quantitative estimate of drug-likeness (QED) is 0.594. The molecule has 13 heavy (non-hydrogen) atoms. The van der Waals surface area contributed by atoms with Crippen LogP contribution in [0.15, 0.2) is 23.5 Å². The van der Waals surface area contributed by atoms with Crippen molar-refractivity contribution in [2.24, 2.45) is 5.73 Å². The van der Waals surface area contributed by atoms with Crippen LogP contribution in [-0.4, -0.2) is 17.6 Å². The van der Waals surface area contributed by atoms with Gasteiger partial charge in [0.15, 0.2) is 0 Å². The van der Waals surface area contributed by atoms with Crippen LogP contribution in [0.2, 0.25) is 0 Å². The summed E-state index contributed by atoms with van der Waals surface area (Å²) in [6.45, 7) is 0.426. The number of nitrogens with one attached hydrogen (secondary N) is 1. The Morgan fingerprint density at radius 3 is 2.85 bits per heavy atom. The summed E-state index contributed by atoms with van der Waals surface area (Å²) in [4.78, 5) is 10.2. The smallest absolute Gasteiger partial charge is 0.305 e. The van der Waals surface area contributed by atoms with E-state index >= 15 is 0 Å². The molecule has 0 bridgehead atoms. The lowest BCUT2D eigenvalue weighted by Crippen LogP contribution is -2.22. The number of nitrogens with two attached hydrogens (primary N) is 1. The fraction of sp³-hybridized carbons (Fsp3) is 0.444. The lowest BCUT2D eigenvalue weighted by Gasteiger charge is -2.13. The molecule has 4 heteroatoms. The molecule has 0 amide bonds. The minimum Gasteiger partial charge on any atom is -0.481 e. The van der Waals surface area contributed by atoms with Crippen LogP contribution in [0.3, 0.4) is 0 Å². The summed E-state index contributed by atoms with van der Waals surface area (Å²) >= 11 is 0. The van der Waals surface area contributed by atoms with E-state index in [-0.39, 0.29) is 6.42 Å². The molecule has 0 radical (unpaired) electrons. The second kappa shape index (κ2) is 4.54. The average Bonchev–Trinajstić information content (AvgIpc) is 2.08. The molecular formula is C9H14N2O2. The molecule has 1 rings (SSSR count). The highest BCUT2D eigenvalue weighted by Crippen LogP contribution is 2.11. The fourth-order valence-electron chi connectivity index (χ4n) is 1.17. The standard InChI is InChI=1S/C9H14N2O2/c10-7-3-1-2-4-8(7)11-6-5-9(12)13/h3-4,11H,1-2,5-6,10H2,(H,12,13). The maximum atomic E-state index is 10.2. The summed E-state index contributed by atoms with van der Waals surface area (Å²) < 4.78 is 0. The van der Waals surface area contributed by atoms with Crippen LogP contribution >= 0.6 is 0 Å². The lowest BCUT2D eigenvalue weighted by atomic mass is 10.1. The van der Waals surface area contributed by atoms with Gasteiger partial charge in [-0.15, -0.1) is 0 Å². The second-order valence-corrected chi connectivity index (χ2v) is 2.93. The van der Waals surface area contributed by atoms with Gasteiger partial charge in [-0.1, -0.05) is 12.2 Å². The van der Waals surface area contributed by atoms with Crippen LogP contribution in [0.1, 0.15) is 19.3 Å². The number of rotatable bonds is 4. The van der Waals surface area contributed by atoms with Crippen molar-refractivity contribution in [2.75, 3.05) is 6.54 Å². The third-order valence-electron chi connectivity index (χ3n) is 1.84. The monoisotopic (exact) mass is 182 g/mol. The van der Waals surface area contributed by atoms with Gasteiger partial charge >= 0.3 is 5.97 Å². The molecule has 0 saturated carbocycles. The largest absolute Gasteiger partial charge is 0.481 e. The zero-order valence-corrected chi connectivity index (χ0v) is 7.42. The third kappa shape index (κ3) is 3.19. The number of allylic oxidation sites excluding steroid dienone is 2. The first-order valence-corrected chi connectivity index (χ1v) is 4.32. The van der Waals surface area contributed by atoms with Crippen LogP contribution < -0.4 is 11.1 Å². The SMILES string of the molecule is NC1=CCCC=C1NCCC(=O)O. The van der Waals surface area contributed by atoms with Crippen molar-refractivity contribution in [1.29, 1.82) is 0 Å². The van der Waals surface area contributed by atoms with E-state index in [2.05, 4.69) is 5.32 Å². The molecule has 0 saturated heterocycles. The van der Waals surface area contributed by atoms with Crippen molar-refractivity contribution in [1.82, 2.24) is 5.32 Å². The van der Waals surface area contributed by atoms with Crippen LogP contribution in [0.4, 0.5) is 0 Å². The second-order valence-electron chi connectivity index (χ2n) is 2.93. The van der Waals surface area contributed by atoms with Crippen LogP contribution in [0, 0.1) is 0 Å². The summed E-state index contributed by atoms with van der Waals surface area (Å²) in [5.41, 5.74) is 7.27. The number of aliphatic carboxylic acids is 1. The normalized spacial score (nSPS) is 16.0. The Morgan fingerprint density at radius 1 is 1.54 bits per heavy atom. The van der Waals surface area contributed by atoms with E-state index in [0.29, 0.717) is 6.54 Å². The van der Waals surface area contributed by atoms with E-state index in [0.717, 1.165) is 24.2 Å². The Hall–Kier alpha value is -1.45. The van der Waals surface area contributed by atoms with Crippen LogP contribution in [0.5, 0.6) is 0 Å². The van der Waals surface area contributed by atoms with E-state index in [4.69, 9.17) is 10.8 Å². The summed E-state index contributed by atoms with van der Waals surface area (Å²) in [6, 6.07) is 0. The van der Waals surface area contributed by atoms with Crippen molar-refractivity contribution in [3.63, 3.8) is 0 Å². The van der Waals surface area contributed by atoms with E-state index < -0.39 is 5.97 Å². The number of carboxylic acid groups (broad SMARTS) is 1. The molecule has 0 aromatic heterocycles. The lowest BCUT2D eigenvalue weighted by molar-refractivity contribution is -0.136. The van der Waals surface area contributed by atoms with E-state index in [1.807, 2.05) is 12.2 Å². The van der Waals surface area contributed by atoms with Gasteiger partial charge in [0.1, 0.15) is 0 Å². The maximum Gasteiger partial charge on any atom is 0.305 e. The number of carboxylic acids is 1. The molecule has 0 aliphatic heterocycles. The van der Waals surface area contributed by atoms with Crippen molar-refractivity contribution < 1.29 is 9.90 Å². The van der Waals surface area contributed by atoms with Gasteiger partial charge in [0.05, 0.1) is 17.8 Å². The average molecular weight is 182 g/mol. The number of hydrogen-bond donors (Lipinski definition) is 3. The van der Waals surface area contributed by atoms with Gasteiger partial charge in [0, 0.05) is 6.54 Å². The van der Waals surface area contributed by atoms with Gasteiger partial charge in [0.2, 0.25) is 0 Å². The molecule has 1 aliphatic carbocycles. The summed E-state index contributed by atoms with van der Waals surface area (Å²) in [5.74, 6) is -0.800.